The topological polar surface area (TPSA) is 193 Å². The molecule has 3 fully saturated rings. The molecule has 2 aliphatic heterocycles. The molecule has 0 aromatic carbocycles. The van der Waals surface area contributed by atoms with Gasteiger partial charge in [-0.15, -0.1) is 0 Å². The molecule has 0 aromatic rings. The minimum absolute atomic E-state index is 0.136. The monoisotopic (exact) mass is 433 g/mol. The second-order valence-electron chi connectivity index (χ2n) is 8.86. The third kappa shape index (κ3) is 5.48. The lowest BCUT2D eigenvalue weighted by molar-refractivity contribution is -0.279. The highest BCUT2D eigenvalue weighted by molar-refractivity contribution is 5.00. The van der Waals surface area contributed by atoms with Crippen molar-refractivity contribution in [1.29, 1.82) is 0 Å². The lowest BCUT2D eigenvalue weighted by atomic mass is 9.84. The maximum Gasteiger partial charge on any atom is 0.173 e. The van der Waals surface area contributed by atoms with Crippen LogP contribution in [0, 0.1) is 0 Å². The molecule has 1 saturated carbocycles. The molecule has 0 radical (unpaired) electrons. The number of aliphatic hydroxyl groups is 2. The summed E-state index contributed by atoms with van der Waals surface area (Å²) in [6.07, 6.45) is -2.40. The van der Waals surface area contributed by atoms with E-state index in [1.165, 1.54) is 0 Å². The molecule has 0 amide bonds. The highest BCUT2D eigenvalue weighted by Gasteiger charge is 2.47. The number of hydrogen-bond acceptors (Lipinski definition) is 11. The van der Waals surface area contributed by atoms with Crippen LogP contribution in [0.25, 0.3) is 0 Å². The summed E-state index contributed by atoms with van der Waals surface area (Å²) in [4.78, 5) is 0. The van der Waals surface area contributed by atoms with Crippen LogP contribution in [-0.2, 0) is 18.9 Å². The largest absolute Gasteiger partial charge is 0.389 e. The summed E-state index contributed by atoms with van der Waals surface area (Å²) in [5, 5.41) is 24.0. The SMILES string of the molecule is CN[C@@H]1C[C@@H](O[C@@H]2[C@H](O)[C@H](O[C@H]3O[C@H]([C@H](C)N)CC[C@H]3N)[C@@H](N)C[C@H]2N)OC[C@@H]1O. The van der Waals surface area contributed by atoms with E-state index in [0.29, 0.717) is 19.3 Å². The highest BCUT2D eigenvalue weighted by atomic mass is 16.7. The predicted octanol–water partition coefficient (Wildman–Crippen LogP) is -2.95. The quantitative estimate of drug-likeness (QED) is 0.226. The maximum absolute atomic E-state index is 11.0. The Morgan fingerprint density at radius 1 is 1.00 bits per heavy atom. The molecule has 3 aliphatic rings. The zero-order valence-corrected chi connectivity index (χ0v) is 17.8. The van der Waals surface area contributed by atoms with Crippen LogP contribution >= 0.6 is 0 Å². The van der Waals surface area contributed by atoms with Crippen molar-refractivity contribution >= 4 is 0 Å². The number of aliphatic hydroxyl groups excluding tert-OH is 2. The van der Waals surface area contributed by atoms with Crippen molar-refractivity contribution in [3.8, 4) is 0 Å². The van der Waals surface area contributed by atoms with Crippen molar-refractivity contribution in [3.63, 3.8) is 0 Å². The zero-order chi connectivity index (χ0) is 22.0. The van der Waals surface area contributed by atoms with Crippen molar-refractivity contribution in [2.45, 2.75) is 106 Å². The van der Waals surface area contributed by atoms with Gasteiger partial charge in [0.25, 0.3) is 0 Å². The second kappa shape index (κ2) is 10.5. The van der Waals surface area contributed by atoms with Gasteiger partial charge in [-0.25, -0.2) is 0 Å². The molecule has 11 N–H and O–H groups in total. The fourth-order valence-corrected chi connectivity index (χ4v) is 4.48. The number of rotatable bonds is 6. The molecule has 176 valence electrons. The Kier molecular flexibility index (Phi) is 8.43. The van der Waals surface area contributed by atoms with Gasteiger partial charge in [-0.05, 0) is 33.2 Å². The number of likely N-dealkylation sites (N-methyl/N-ethyl adjacent to an activating group) is 1. The second-order valence-corrected chi connectivity index (χ2v) is 8.86. The van der Waals surface area contributed by atoms with Crippen LogP contribution in [-0.4, -0.2) is 97.2 Å². The van der Waals surface area contributed by atoms with Gasteiger partial charge in [-0.3, -0.25) is 0 Å². The van der Waals surface area contributed by atoms with Crippen LogP contribution in [0.5, 0.6) is 0 Å². The summed E-state index contributed by atoms with van der Waals surface area (Å²) in [7, 11) is 1.77. The Bertz CT molecular complexity index is 546. The van der Waals surface area contributed by atoms with Gasteiger partial charge >= 0.3 is 0 Å². The third-order valence-electron chi connectivity index (χ3n) is 6.43. The summed E-state index contributed by atoms with van der Waals surface area (Å²) in [5.41, 5.74) is 24.7. The summed E-state index contributed by atoms with van der Waals surface area (Å²) >= 11 is 0. The smallest absolute Gasteiger partial charge is 0.173 e. The summed E-state index contributed by atoms with van der Waals surface area (Å²) < 4.78 is 23.6. The molecule has 12 atom stereocenters. The van der Waals surface area contributed by atoms with Gasteiger partial charge in [0.1, 0.15) is 18.3 Å². The first-order valence-electron chi connectivity index (χ1n) is 10.8. The van der Waals surface area contributed by atoms with Crippen molar-refractivity contribution in [2.24, 2.45) is 22.9 Å². The summed E-state index contributed by atoms with van der Waals surface area (Å²) in [6, 6.07) is -1.65. The van der Waals surface area contributed by atoms with Gasteiger partial charge in [0.05, 0.1) is 24.9 Å². The maximum atomic E-state index is 11.0. The Morgan fingerprint density at radius 2 is 1.67 bits per heavy atom. The highest BCUT2D eigenvalue weighted by Crippen LogP contribution is 2.30. The number of ether oxygens (including phenoxy) is 4. The molecule has 0 aromatic heterocycles. The molecule has 1 aliphatic carbocycles. The molecular formula is C19H39N5O6. The van der Waals surface area contributed by atoms with Crippen molar-refractivity contribution in [1.82, 2.24) is 5.32 Å². The Morgan fingerprint density at radius 3 is 2.30 bits per heavy atom. The van der Waals surface area contributed by atoms with Crippen LogP contribution < -0.4 is 28.3 Å². The van der Waals surface area contributed by atoms with E-state index in [1.807, 2.05) is 6.92 Å². The normalized spacial score (nSPS) is 49.0. The predicted molar refractivity (Wildman–Crippen MR) is 109 cm³/mol. The van der Waals surface area contributed by atoms with Crippen LogP contribution in [0.15, 0.2) is 0 Å². The Labute approximate surface area is 177 Å². The van der Waals surface area contributed by atoms with E-state index in [-0.39, 0.29) is 30.8 Å². The Hall–Kier alpha value is -0.440. The van der Waals surface area contributed by atoms with Gasteiger partial charge in [0, 0.05) is 30.6 Å². The number of nitrogens with one attached hydrogen (secondary N) is 1. The van der Waals surface area contributed by atoms with Gasteiger partial charge in [-0.1, -0.05) is 0 Å². The standard InChI is InChI=1S/C19H39N5O6/c1-8(20)14-4-3-9(21)19(28-14)30-18-11(23)5-10(22)17(16(18)26)29-15-6-12(24-2)13(25)7-27-15/h8-19,24-26H,3-7,20-23H2,1-2H3/t8-,9+,10+,11-,12+,13-,14-,15+,16-,17-,18+,19+/m0/s1. The van der Waals surface area contributed by atoms with E-state index in [0.717, 1.165) is 6.42 Å². The van der Waals surface area contributed by atoms with E-state index in [1.54, 1.807) is 7.05 Å². The third-order valence-corrected chi connectivity index (χ3v) is 6.43. The van der Waals surface area contributed by atoms with Gasteiger partial charge in [-0.2, -0.15) is 0 Å². The lowest BCUT2D eigenvalue weighted by Gasteiger charge is -2.46. The molecule has 2 heterocycles. The fourth-order valence-electron chi connectivity index (χ4n) is 4.48. The van der Waals surface area contributed by atoms with Gasteiger partial charge < -0.3 is 57.4 Å². The van der Waals surface area contributed by atoms with E-state index in [4.69, 9.17) is 41.9 Å². The van der Waals surface area contributed by atoms with Gasteiger partial charge in [0.15, 0.2) is 12.6 Å². The first-order valence-corrected chi connectivity index (χ1v) is 10.8. The van der Waals surface area contributed by atoms with Crippen LogP contribution in [0.4, 0.5) is 0 Å². The fraction of sp³-hybridized carbons (Fsp3) is 1.00. The van der Waals surface area contributed by atoms with Crippen LogP contribution in [0.2, 0.25) is 0 Å². The minimum Gasteiger partial charge on any atom is -0.389 e. The lowest BCUT2D eigenvalue weighted by Crippen LogP contribution is -2.65. The van der Waals surface area contributed by atoms with E-state index >= 15 is 0 Å². The van der Waals surface area contributed by atoms with E-state index < -0.39 is 49.1 Å². The molecule has 11 heteroatoms. The van der Waals surface area contributed by atoms with E-state index in [2.05, 4.69) is 5.32 Å². The molecule has 0 unspecified atom stereocenters. The molecule has 0 bridgehead atoms. The Balaban J connectivity index is 1.64. The average Bonchev–Trinajstić information content (AvgIpc) is 2.70. The summed E-state index contributed by atoms with van der Waals surface area (Å²) in [5.74, 6) is 0. The zero-order valence-electron chi connectivity index (χ0n) is 17.8. The average molecular weight is 434 g/mol. The molecule has 0 spiro atoms. The number of nitrogens with two attached hydrogens (primary N) is 4. The van der Waals surface area contributed by atoms with Crippen LogP contribution in [0.1, 0.15) is 32.6 Å². The molecule has 2 saturated heterocycles. The minimum atomic E-state index is -1.08. The van der Waals surface area contributed by atoms with Gasteiger partial charge in [0.2, 0.25) is 0 Å². The molecule has 3 rings (SSSR count). The first kappa shape index (κ1) is 24.2. The first-order chi connectivity index (χ1) is 14.2. The number of hydrogen-bond donors (Lipinski definition) is 7. The van der Waals surface area contributed by atoms with Crippen molar-refractivity contribution < 1.29 is 29.2 Å². The van der Waals surface area contributed by atoms with E-state index in [9.17, 15) is 10.2 Å². The van der Waals surface area contributed by atoms with Crippen LogP contribution in [0.3, 0.4) is 0 Å². The molecular weight excluding hydrogens is 394 g/mol. The molecule has 11 nitrogen and oxygen atoms in total. The summed E-state index contributed by atoms with van der Waals surface area (Å²) in [6.45, 7) is 2.01. The van der Waals surface area contributed by atoms with Crippen molar-refractivity contribution in [3.05, 3.63) is 0 Å². The molecule has 30 heavy (non-hydrogen) atoms. The van der Waals surface area contributed by atoms with Crippen molar-refractivity contribution in [2.75, 3.05) is 13.7 Å².